The van der Waals surface area contributed by atoms with Gasteiger partial charge in [-0.25, -0.2) is 9.97 Å². The number of aromatic nitrogens is 4. The molecule has 0 spiro atoms. The third-order valence-electron chi connectivity index (χ3n) is 4.05. The van der Waals surface area contributed by atoms with E-state index in [4.69, 9.17) is 5.73 Å². The molecule has 3 N–H and O–H groups in total. The Hall–Kier alpha value is -2.80. The number of fused-ring (bicyclic) bond motifs is 2. The van der Waals surface area contributed by atoms with Crippen molar-refractivity contribution in [3.05, 3.63) is 57.8 Å². The van der Waals surface area contributed by atoms with Gasteiger partial charge in [0.2, 0.25) is 5.95 Å². The Bertz CT molecular complexity index is 935. The minimum Gasteiger partial charge on any atom is -0.369 e. The summed E-state index contributed by atoms with van der Waals surface area (Å²) in [5.74, 6) is 0.183. The van der Waals surface area contributed by atoms with Crippen LogP contribution in [0.2, 0.25) is 0 Å². The quantitative estimate of drug-likeness (QED) is 0.728. The van der Waals surface area contributed by atoms with Gasteiger partial charge in [0.25, 0.3) is 5.56 Å². The van der Waals surface area contributed by atoms with E-state index in [1.807, 2.05) is 24.3 Å². The summed E-state index contributed by atoms with van der Waals surface area (Å²) in [4.78, 5) is 30.1. The van der Waals surface area contributed by atoms with E-state index in [1.165, 1.54) is 0 Å². The molecule has 0 amide bonds. The molecular weight excluding hydrogens is 292 g/mol. The van der Waals surface area contributed by atoms with Crippen LogP contribution in [0.15, 0.2) is 35.3 Å². The molecule has 0 fully saturated rings. The molecule has 7 nitrogen and oxygen atoms in total. The molecule has 0 saturated carbocycles. The topological polar surface area (TPSA) is 101 Å². The summed E-state index contributed by atoms with van der Waals surface area (Å²) in [7, 11) is 0. The summed E-state index contributed by atoms with van der Waals surface area (Å²) in [5, 5.41) is 0. The van der Waals surface area contributed by atoms with Gasteiger partial charge in [0.05, 0.1) is 34.2 Å². The van der Waals surface area contributed by atoms with E-state index in [9.17, 15) is 4.79 Å². The molecular formula is C16H16N6O. The third kappa shape index (κ3) is 2.66. The molecule has 3 heterocycles. The lowest BCUT2D eigenvalue weighted by molar-refractivity contribution is 0.239. The third-order valence-corrected chi connectivity index (χ3v) is 4.05. The predicted molar refractivity (Wildman–Crippen MR) is 86.6 cm³/mol. The number of rotatable bonds is 2. The van der Waals surface area contributed by atoms with Gasteiger partial charge in [-0.1, -0.05) is 12.1 Å². The van der Waals surface area contributed by atoms with Gasteiger partial charge in [0.15, 0.2) is 0 Å². The van der Waals surface area contributed by atoms with E-state index < -0.39 is 0 Å². The lowest BCUT2D eigenvalue weighted by Crippen LogP contribution is -2.35. The highest BCUT2D eigenvalue weighted by molar-refractivity contribution is 5.73. The molecule has 7 heteroatoms. The number of benzene rings is 1. The maximum atomic E-state index is 12.0. The summed E-state index contributed by atoms with van der Waals surface area (Å²) < 4.78 is 0. The number of para-hydroxylation sites is 2. The van der Waals surface area contributed by atoms with Crippen LogP contribution >= 0.6 is 0 Å². The van der Waals surface area contributed by atoms with Crippen molar-refractivity contribution in [3.63, 3.8) is 0 Å². The molecule has 0 bridgehead atoms. The second kappa shape index (κ2) is 5.44. The number of aromatic amines is 1. The van der Waals surface area contributed by atoms with E-state index in [-0.39, 0.29) is 11.5 Å². The standard InChI is InChI=1S/C16H16N6O/c17-16-20-12-5-6-22(9-11(12)15(23)21-16)8-10-7-18-13-3-1-2-4-14(13)19-10/h1-4,7H,5-6,8-9H2,(H3,17,20,21,23). The van der Waals surface area contributed by atoms with Crippen molar-refractivity contribution in [3.8, 4) is 0 Å². The number of anilines is 1. The highest BCUT2D eigenvalue weighted by Crippen LogP contribution is 2.17. The minimum atomic E-state index is -0.151. The zero-order valence-electron chi connectivity index (χ0n) is 12.5. The van der Waals surface area contributed by atoms with Crippen LogP contribution in [0.25, 0.3) is 11.0 Å². The van der Waals surface area contributed by atoms with Crippen molar-refractivity contribution < 1.29 is 0 Å². The highest BCUT2D eigenvalue weighted by atomic mass is 16.1. The van der Waals surface area contributed by atoms with Crippen LogP contribution in [0, 0.1) is 0 Å². The molecule has 1 aromatic carbocycles. The second-order valence-corrected chi connectivity index (χ2v) is 5.69. The van der Waals surface area contributed by atoms with E-state index >= 15 is 0 Å². The van der Waals surface area contributed by atoms with Gasteiger partial charge >= 0.3 is 0 Å². The average molecular weight is 308 g/mol. The Labute approximate surface area is 132 Å². The fourth-order valence-corrected chi connectivity index (χ4v) is 2.94. The highest BCUT2D eigenvalue weighted by Gasteiger charge is 2.21. The van der Waals surface area contributed by atoms with Crippen LogP contribution in [0.5, 0.6) is 0 Å². The van der Waals surface area contributed by atoms with E-state index in [1.54, 1.807) is 6.20 Å². The monoisotopic (exact) mass is 308 g/mol. The number of nitrogens with zero attached hydrogens (tertiary/aromatic N) is 4. The van der Waals surface area contributed by atoms with Gasteiger partial charge in [-0.05, 0) is 12.1 Å². The molecule has 4 rings (SSSR count). The van der Waals surface area contributed by atoms with Crippen LogP contribution in [0.4, 0.5) is 5.95 Å². The Morgan fingerprint density at radius 1 is 1.22 bits per heavy atom. The first-order chi connectivity index (χ1) is 11.2. The van der Waals surface area contributed by atoms with E-state index in [0.29, 0.717) is 25.1 Å². The van der Waals surface area contributed by atoms with Gasteiger partial charge in [-0.2, -0.15) is 0 Å². The summed E-state index contributed by atoms with van der Waals surface area (Å²) in [5.41, 5.74) is 9.60. The van der Waals surface area contributed by atoms with Crippen molar-refractivity contribution in [2.45, 2.75) is 19.5 Å². The predicted octanol–water partition coefficient (Wildman–Crippen LogP) is 0.854. The fraction of sp³-hybridized carbons (Fsp3) is 0.250. The van der Waals surface area contributed by atoms with Gasteiger partial charge in [0.1, 0.15) is 0 Å². The molecule has 0 radical (unpaired) electrons. The number of nitrogen functional groups attached to an aromatic ring is 1. The molecule has 1 aliphatic rings. The van der Waals surface area contributed by atoms with E-state index in [0.717, 1.165) is 29.0 Å². The van der Waals surface area contributed by atoms with Crippen molar-refractivity contribution in [2.75, 3.05) is 12.3 Å². The fourth-order valence-electron chi connectivity index (χ4n) is 2.94. The first kappa shape index (κ1) is 13.8. The zero-order chi connectivity index (χ0) is 15.8. The normalized spacial score (nSPS) is 14.8. The molecule has 0 atom stereocenters. The molecule has 116 valence electrons. The van der Waals surface area contributed by atoms with Crippen LogP contribution in [-0.2, 0) is 19.5 Å². The first-order valence-electron chi connectivity index (χ1n) is 7.49. The Morgan fingerprint density at radius 2 is 2.04 bits per heavy atom. The maximum absolute atomic E-state index is 12.0. The lowest BCUT2D eigenvalue weighted by Gasteiger charge is -2.27. The molecule has 3 aromatic rings. The number of nitrogens with two attached hydrogens (primary N) is 1. The lowest BCUT2D eigenvalue weighted by atomic mass is 10.1. The van der Waals surface area contributed by atoms with E-state index in [2.05, 4.69) is 24.8 Å². The SMILES string of the molecule is Nc1nc2c(c(=O)[nH]1)CN(Cc1cnc3ccccc3n1)CC2. The smallest absolute Gasteiger partial charge is 0.257 e. The maximum Gasteiger partial charge on any atom is 0.257 e. The zero-order valence-corrected chi connectivity index (χ0v) is 12.5. The Morgan fingerprint density at radius 3 is 2.91 bits per heavy atom. The molecule has 0 saturated heterocycles. The molecule has 1 aliphatic heterocycles. The van der Waals surface area contributed by atoms with Gasteiger partial charge in [0, 0.05) is 26.1 Å². The van der Waals surface area contributed by atoms with Crippen molar-refractivity contribution in [2.24, 2.45) is 0 Å². The van der Waals surface area contributed by atoms with Crippen molar-refractivity contribution in [1.29, 1.82) is 0 Å². The summed E-state index contributed by atoms with van der Waals surface area (Å²) in [6.07, 6.45) is 2.51. The summed E-state index contributed by atoms with van der Waals surface area (Å²) >= 11 is 0. The molecule has 0 aliphatic carbocycles. The van der Waals surface area contributed by atoms with Crippen LogP contribution < -0.4 is 11.3 Å². The Balaban J connectivity index is 1.58. The first-order valence-corrected chi connectivity index (χ1v) is 7.49. The number of nitrogens with one attached hydrogen (secondary N) is 1. The van der Waals surface area contributed by atoms with Crippen molar-refractivity contribution in [1.82, 2.24) is 24.8 Å². The van der Waals surface area contributed by atoms with Gasteiger partial charge in [-0.15, -0.1) is 0 Å². The van der Waals surface area contributed by atoms with Crippen LogP contribution in [0.1, 0.15) is 17.0 Å². The molecule has 0 unspecified atom stereocenters. The van der Waals surface area contributed by atoms with Crippen molar-refractivity contribution >= 4 is 17.0 Å². The number of hydrogen-bond donors (Lipinski definition) is 2. The number of H-pyrrole nitrogens is 1. The summed E-state index contributed by atoms with van der Waals surface area (Å²) in [6, 6.07) is 7.80. The minimum absolute atomic E-state index is 0.151. The molecule has 2 aromatic heterocycles. The average Bonchev–Trinajstić information content (AvgIpc) is 2.55. The number of hydrogen-bond acceptors (Lipinski definition) is 6. The largest absolute Gasteiger partial charge is 0.369 e. The summed E-state index contributed by atoms with van der Waals surface area (Å²) in [6.45, 7) is 2.02. The van der Waals surface area contributed by atoms with Crippen LogP contribution in [0.3, 0.4) is 0 Å². The van der Waals surface area contributed by atoms with Crippen LogP contribution in [-0.4, -0.2) is 31.4 Å². The Kier molecular flexibility index (Phi) is 3.27. The van der Waals surface area contributed by atoms with Gasteiger partial charge in [-0.3, -0.25) is 19.7 Å². The van der Waals surface area contributed by atoms with Gasteiger partial charge < -0.3 is 5.73 Å². The molecule has 23 heavy (non-hydrogen) atoms. The second-order valence-electron chi connectivity index (χ2n) is 5.69.